The van der Waals surface area contributed by atoms with Gasteiger partial charge in [-0.25, -0.2) is 9.97 Å². The molecule has 6 heteroatoms. The Morgan fingerprint density at radius 3 is 1.54 bits per heavy atom. The summed E-state index contributed by atoms with van der Waals surface area (Å²) in [5.74, 6) is 0.253. The standard InChI is InChI=1S/C20H14N4O2/c25-17-5-1-3-13-7-9-15(23-19(13)17)11-21-22-12-16-10-8-14-4-2-6-18(26)20(14)24-16/h1-12,25-26H/b21-11+,22-12+. The molecule has 4 aromatic rings. The molecule has 0 aliphatic rings. The molecule has 2 aromatic carbocycles. The van der Waals surface area contributed by atoms with Crippen LogP contribution in [0, 0.1) is 0 Å². The number of aromatic hydroxyl groups is 2. The van der Waals surface area contributed by atoms with Gasteiger partial charge >= 0.3 is 0 Å². The topological polar surface area (TPSA) is 91.0 Å². The van der Waals surface area contributed by atoms with E-state index < -0.39 is 0 Å². The zero-order valence-corrected chi connectivity index (χ0v) is 13.6. The lowest BCUT2D eigenvalue weighted by Gasteiger charge is -2.00. The molecule has 0 fully saturated rings. The summed E-state index contributed by atoms with van der Waals surface area (Å²) in [6.45, 7) is 0. The van der Waals surface area contributed by atoms with Crippen LogP contribution in [0.2, 0.25) is 0 Å². The number of fused-ring (bicyclic) bond motifs is 2. The van der Waals surface area contributed by atoms with Gasteiger partial charge in [0.25, 0.3) is 0 Å². The minimum atomic E-state index is 0.126. The van der Waals surface area contributed by atoms with Crippen molar-refractivity contribution in [2.75, 3.05) is 0 Å². The molecule has 0 aliphatic heterocycles. The second-order valence-electron chi connectivity index (χ2n) is 5.66. The van der Waals surface area contributed by atoms with Crippen LogP contribution in [0.3, 0.4) is 0 Å². The van der Waals surface area contributed by atoms with E-state index in [9.17, 15) is 10.2 Å². The third kappa shape index (κ3) is 3.08. The van der Waals surface area contributed by atoms with Gasteiger partial charge in [-0.3, -0.25) is 0 Å². The molecule has 2 N–H and O–H groups in total. The van der Waals surface area contributed by atoms with Crippen LogP contribution in [-0.2, 0) is 0 Å². The summed E-state index contributed by atoms with van der Waals surface area (Å²) in [5, 5.41) is 29.4. The van der Waals surface area contributed by atoms with Crippen LogP contribution in [0.5, 0.6) is 11.5 Å². The van der Waals surface area contributed by atoms with E-state index in [4.69, 9.17) is 0 Å². The highest BCUT2D eigenvalue weighted by molar-refractivity contribution is 5.90. The normalized spacial score (nSPS) is 11.8. The third-order valence-corrected chi connectivity index (χ3v) is 3.89. The van der Waals surface area contributed by atoms with Gasteiger partial charge in [-0.05, 0) is 24.3 Å². The van der Waals surface area contributed by atoms with Gasteiger partial charge < -0.3 is 10.2 Å². The van der Waals surface area contributed by atoms with Crippen LogP contribution in [0.15, 0.2) is 70.9 Å². The van der Waals surface area contributed by atoms with E-state index in [1.807, 2.05) is 24.3 Å². The molecule has 0 saturated carbocycles. The van der Waals surface area contributed by atoms with Gasteiger partial charge in [0.2, 0.25) is 0 Å². The zero-order valence-electron chi connectivity index (χ0n) is 13.6. The molecular weight excluding hydrogens is 328 g/mol. The highest BCUT2D eigenvalue weighted by Crippen LogP contribution is 2.22. The molecular formula is C20H14N4O2. The molecule has 26 heavy (non-hydrogen) atoms. The molecule has 0 amide bonds. The van der Waals surface area contributed by atoms with Crippen molar-refractivity contribution in [2.24, 2.45) is 10.2 Å². The van der Waals surface area contributed by atoms with Crippen molar-refractivity contribution in [3.8, 4) is 11.5 Å². The first-order chi connectivity index (χ1) is 12.7. The second-order valence-corrected chi connectivity index (χ2v) is 5.66. The van der Waals surface area contributed by atoms with Crippen molar-refractivity contribution >= 4 is 34.2 Å². The first-order valence-corrected chi connectivity index (χ1v) is 7.94. The average molecular weight is 342 g/mol. The maximum absolute atomic E-state index is 9.86. The quantitative estimate of drug-likeness (QED) is 0.439. The molecule has 0 radical (unpaired) electrons. The van der Waals surface area contributed by atoms with Crippen molar-refractivity contribution in [1.82, 2.24) is 9.97 Å². The van der Waals surface area contributed by atoms with Crippen molar-refractivity contribution in [3.05, 3.63) is 72.1 Å². The number of nitrogens with zero attached hydrogens (tertiary/aromatic N) is 4. The Kier molecular flexibility index (Phi) is 3.99. The highest BCUT2D eigenvalue weighted by atomic mass is 16.3. The SMILES string of the molecule is Oc1cccc2ccc(/C=N/N=C/c3ccc4cccc(O)c4n3)nc12. The van der Waals surface area contributed by atoms with Crippen LogP contribution in [0.25, 0.3) is 21.8 Å². The summed E-state index contributed by atoms with van der Waals surface area (Å²) < 4.78 is 0. The van der Waals surface area contributed by atoms with Crippen LogP contribution < -0.4 is 0 Å². The first kappa shape index (κ1) is 15.7. The number of phenolic OH excluding ortho intramolecular Hbond substituents is 2. The minimum Gasteiger partial charge on any atom is -0.506 e. The second kappa shape index (κ2) is 6.60. The van der Waals surface area contributed by atoms with Gasteiger partial charge in [-0.1, -0.05) is 36.4 Å². The van der Waals surface area contributed by atoms with Gasteiger partial charge in [0, 0.05) is 10.8 Å². The number of aromatic nitrogens is 2. The van der Waals surface area contributed by atoms with Crippen molar-refractivity contribution in [2.45, 2.75) is 0 Å². The molecule has 6 nitrogen and oxygen atoms in total. The number of benzene rings is 2. The molecule has 0 spiro atoms. The lowest BCUT2D eigenvalue weighted by atomic mass is 10.2. The Morgan fingerprint density at radius 2 is 1.08 bits per heavy atom. The van der Waals surface area contributed by atoms with E-state index >= 15 is 0 Å². The smallest absolute Gasteiger partial charge is 0.141 e. The van der Waals surface area contributed by atoms with Crippen molar-refractivity contribution < 1.29 is 10.2 Å². The maximum atomic E-state index is 9.86. The van der Waals surface area contributed by atoms with Crippen molar-refractivity contribution in [3.63, 3.8) is 0 Å². The van der Waals surface area contributed by atoms with E-state index in [1.165, 1.54) is 12.4 Å². The number of pyridine rings is 2. The fourth-order valence-electron chi connectivity index (χ4n) is 2.62. The van der Waals surface area contributed by atoms with E-state index in [1.54, 1.807) is 36.4 Å². The van der Waals surface area contributed by atoms with Crippen molar-refractivity contribution in [1.29, 1.82) is 0 Å². The third-order valence-electron chi connectivity index (χ3n) is 3.89. The summed E-state index contributed by atoms with van der Waals surface area (Å²) in [6, 6.07) is 17.8. The summed E-state index contributed by atoms with van der Waals surface area (Å²) in [5.41, 5.74) is 2.21. The van der Waals surface area contributed by atoms with E-state index in [-0.39, 0.29) is 11.5 Å². The highest BCUT2D eigenvalue weighted by Gasteiger charge is 2.02. The van der Waals surface area contributed by atoms with Crippen LogP contribution in [0.4, 0.5) is 0 Å². The molecule has 2 heterocycles. The molecule has 0 bridgehead atoms. The Labute approximate surface area is 148 Å². The first-order valence-electron chi connectivity index (χ1n) is 7.94. The summed E-state index contributed by atoms with van der Waals surface area (Å²) in [7, 11) is 0. The monoisotopic (exact) mass is 342 g/mol. The molecule has 2 aromatic heterocycles. The maximum Gasteiger partial charge on any atom is 0.141 e. The Bertz CT molecular complexity index is 1080. The molecule has 0 atom stereocenters. The van der Waals surface area contributed by atoms with Gasteiger partial charge in [-0.15, -0.1) is 0 Å². The number of phenols is 2. The van der Waals surface area contributed by atoms with E-state index in [0.717, 1.165) is 10.8 Å². The molecule has 126 valence electrons. The Balaban J connectivity index is 1.56. The number of para-hydroxylation sites is 2. The van der Waals surface area contributed by atoms with Crippen LogP contribution in [0.1, 0.15) is 11.4 Å². The Morgan fingerprint density at radius 1 is 0.615 bits per heavy atom. The van der Waals surface area contributed by atoms with E-state index in [2.05, 4.69) is 20.2 Å². The summed E-state index contributed by atoms with van der Waals surface area (Å²) in [6.07, 6.45) is 3.00. The van der Waals surface area contributed by atoms with Gasteiger partial charge in [0.15, 0.2) is 0 Å². The molecule has 4 rings (SSSR count). The Hall–Kier alpha value is -3.80. The summed E-state index contributed by atoms with van der Waals surface area (Å²) in [4.78, 5) is 8.70. The van der Waals surface area contributed by atoms with Crippen LogP contribution >= 0.6 is 0 Å². The van der Waals surface area contributed by atoms with Gasteiger partial charge in [0.05, 0.1) is 23.8 Å². The molecule has 0 unspecified atom stereocenters. The lowest BCUT2D eigenvalue weighted by molar-refractivity contribution is 0.480. The fourth-order valence-corrected chi connectivity index (χ4v) is 2.62. The number of hydrogen-bond acceptors (Lipinski definition) is 6. The molecule has 0 aliphatic carbocycles. The predicted molar refractivity (Wildman–Crippen MR) is 102 cm³/mol. The molecule has 0 saturated heterocycles. The van der Waals surface area contributed by atoms with Gasteiger partial charge in [-0.2, -0.15) is 10.2 Å². The minimum absolute atomic E-state index is 0.126. The fraction of sp³-hybridized carbons (Fsp3) is 0. The zero-order chi connectivity index (χ0) is 17.9. The average Bonchev–Trinajstić information content (AvgIpc) is 2.66. The number of hydrogen-bond donors (Lipinski definition) is 2. The van der Waals surface area contributed by atoms with Crippen LogP contribution in [-0.4, -0.2) is 32.6 Å². The summed E-state index contributed by atoms with van der Waals surface area (Å²) >= 11 is 0. The largest absolute Gasteiger partial charge is 0.506 e. The van der Waals surface area contributed by atoms with E-state index in [0.29, 0.717) is 22.4 Å². The number of rotatable bonds is 3. The van der Waals surface area contributed by atoms with Gasteiger partial charge in [0.1, 0.15) is 22.5 Å². The predicted octanol–water partition coefficient (Wildman–Crippen LogP) is 3.65. The lowest BCUT2D eigenvalue weighted by Crippen LogP contribution is -1.90.